The highest BCUT2D eigenvalue weighted by Gasteiger charge is 2.30. The van der Waals surface area contributed by atoms with Crippen molar-refractivity contribution in [2.45, 2.75) is 53.5 Å². The molecule has 122 valence electrons. The molecule has 1 saturated heterocycles. The van der Waals surface area contributed by atoms with Crippen LogP contribution < -0.4 is 5.32 Å². The third-order valence-corrected chi connectivity index (χ3v) is 4.54. The zero-order valence-corrected chi connectivity index (χ0v) is 14.2. The SMILES string of the molecule is Cc1[nH]c(C(=O)N2CCCC(C(=O)NC(C)C)C2)c(C)c1C. The largest absolute Gasteiger partial charge is 0.354 e. The predicted molar refractivity (Wildman–Crippen MR) is 86.9 cm³/mol. The fraction of sp³-hybridized carbons (Fsp3) is 0.647. The third-order valence-electron chi connectivity index (χ3n) is 4.54. The van der Waals surface area contributed by atoms with E-state index in [0.717, 1.165) is 36.2 Å². The molecule has 2 N–H and O–H groups in total. The zero-order valence-electron chi connectivity index (χ0n) is 14.2. The standard InChI is InChI=1S/C17H27N3O2/c1-10(2)18-16(21)14-7-6-8-20(9-14)17(22)15-12(4)11(3)13(5)19-15/h10,14,19H,6-9H2,1-5H3,(H,18,21). The monoisotopic (exact) mass is 305 g/mol. The minimum absolute atomic E-state index is 0.00995. The molecule has 2 amide bonds. The van der Waals surface area contributed by atoms with Gasteiger partial charge in [0.2, 0.25) is 5.91 Å². The number of nitrogens with one attached hydrogen (secondary N) is 2. The number of nitrogens with zero attached hydrogens (tertiary/aromatic N) is 1. The maximum Gasteiger partial charge on any atom is 0.270 e. The molecule has 1 atom stereocenters. The van der Waals surface area contributed by atoms with Gasteiger partial charge in [0.25, 0.3) is 5.91 Å². The quantitative estimate of drug-likeness (QED) is 0.900. The van der Waals surface area contributed by atoms with Gasteiger partial charge < -0.3 is 15.2 Å². The van der Waals surface area contributed by atoms with E-state index < -0.39 is 0 Å². The normalized spacial score (nSPS) is 18.6. The molecule has 0 saturated carbocycles. The Balaban J connectivity index is 2.10. The molecular formula is C17H27N3O2. The number of aromatic nitrogens is 1. The van der Waals surface area contributed by atoms with E-state index in [0.29, 0.717) is 12.2 Å². The van der Waals surface area contributed by atoms with Crippen LogP contribution in [-0.2, 0) is 4.79 Å². The Labute approximate surface area is 132 Å². The minimum atomic E-state index is -0.0995. The Morgan fingerprint density at radius 2 is 1.91 bits per heavy atom. The molecule has 2 heterocycles. The van der Waals surface area contributed by atoms with E-state index in [1.165, 1.54) is 0 Å². The van der Waals surface area contributed by atoms with Crippen LogP contribution in [0.4, 0.5) is 0 Å². The second-order valence-electron chi connectivity index (χ2n) is 6.63. The summed E-state index contributed by atoms with van der Waals surface area (Å²) in [4.78, 5) is 29.9. The molecule has 0 spiro atoms. The number of aryl methyl sites for hydroxylation is 1. The Morgan fingerprint density at radius 3 is 2.45 bits per heavy atom. The second-order valence-corrected chi connectivity index (χ2v) is 6.63. The van der Waals surface area contributed by atoms with Gasteiger partial charge in [0.1, 0.15) is 5.69 Å². The van der Waals surface area contributed by atoms with Crippen LogP contribution in [0.2, 0.25) is 0 Å². The summed E-state index contributed by atoms with van der Waals surface area (Å²) >= 11 is 0. The van der Waals surface area contributed by atoms with Crippen LogP contribution in [-0.4, -0.2) is 40.8 Å². The lowest BCUT2D eigenvalue weighted by Crippen LogP contribution is -2.46. The molecule has 2 rings (SSSR count). The molecule has 1 fully saturated rings. The van der Waals surface area contributed by atoms with Crippen LogP contribution in [0.15, 0.2) is 0 Å². The summed E-state index contributed by atoms with van der Waals surface area (Å²) in [6, 6.07) is 0.134. The van der Waals surface area contributed by atoms with Gasteiger partial charge in [0.05, 0.1) is 5.92 Å². The van der Waals surface area contributed by atoms with Gasteiger partial charge in [0.15, 0.2) is 0 Å². The Bertz CT molecular complexity index is 575. The highest BCUT2D eigenvalue weighted by atomic mass is 16.2. The fourth-order valence-corrected chi connectivity index (χ4v) is 2.99. The number of piperidine rings is 1. The fourth-order valence-electron chi connectivity index (χ4n) is 2.99. The van der Waals surface area contributed by atoms with E-state index in [-0.39, 0.29) is 23.8 Å². The van der Waals surface area contributed by atoms with Crippen LogP contribution in [0.25, 0.3) is 0 Å². The summed E-state index contributed by atoms with van der Waals surface area (Å²) in [5.41, 5.74) is 3.84. The summed E-state index contributed by atoms with van der Waals surface area (Å²) in [5.74, 6) is -0.0311. The van der Waals surface area contributed by atoms with Crippen molar-refractivity contribution in [3.05, 3.63) is 22.5 Å². The van der Waals surface area contributed by atoms with Crippen molar-refractivity contribution >= 4 is 11.8 Å². The number of H-pyrrole nitrogens is 1. The van der Waals surface area contributed by atoms with Crippen LogP contribution >= 0.6 is 0 Å². The number of carbonyl (C=O) groups is 2. The van der Waals surface area contributed by atoms with Gasteiger partial charge in [-0.15, -0.1) is 0 Å². The van der Waals surface area contributed by atoms with Crippen molar-refractivity contribution in [1.82, 2.24) is 15.2 Å². The van der Waals surface area contributed by atoms with Gasteiger partial charge in [-0.05, 0) is 58.6 Å². The lowest BCUT2D eigenvalue weighted by molar-refractivity contribution is -0.126. The first kappa shape index (κ1) is 16.6. The molecule has 1 unspecified atom stereocenters. The highest BCUT2D eigenvalue weighted by molar-refractivity contribution is 5.95. The average Bonchev–Trinajstić information content (AvgIpc) is 2.73. The van der Waals surface area contributed by atoms with Crippen molar-refractivity contribution < 1.29 is 9.59 Å². The molecule has 22 heavy (non-hydrogen) atoms. The van der Waals surface area contributed by atoms with E-state index in [1.807, 2.05) is 39.5 Å². The molecule has 1 aliphatic heterocycles. The molecule has 5 nitrogen and oxygen atoms in total. The topological polar surface area (TPSA) is 65.2 Å². The van der Waals surface area contributed by atoms with Crippen molar-refractivity contribution in [3.63, 3.8) is 0 Å². The van der Waals surface area contributed by atoms with Gasteiger partial charge in [-0.25, -0.2) is 0 Å². The number of rotatable bonds is 3. The molecule has 0 bridgehead atoms. The maximum absolute atomic E-state index is 12.7. The van der Waals surface area contributed by atoms with Crippen molar-refractivity contribution in [1.29, 1.82) is 0 Å². The van der Waals surface area contributed by atoms with E-state index in [9.17, 15) is 9.59 Å². The smallest absolute Gasteiger partial charge is 0.270 e. The number of carbonyl (C=O) groups excluding carboxylic acids is 2. The van der Waals surface area contributed by atoms with E-state index >= 15 is 0 Å². The van der Waals surface area contributed by atoms with Crippen molar-refractivity contribution in [3.8, 4) is 0 Å². The third kappa shape index (κ3) is 3.34. The van der Waals surface area contributed by atoms with Crippen molar-refractivity contribution in [2.75, 3.05) is 13.1 Å². The maximum atomic E-state index is 12.7. The van der Waals surface area contributed by atoms with Gasteiger partial charge in [0, 0.05) is 24.8 Å². The summed E-state index contributed by atoms with van der Waals surface area (Å²) in [6.07, 6.45) is 1.73. The second kappa shape index (κ2) is 6.55. The molecule has 5 heteroatoms. The van der Waals surface area contributed by atoms with E-state index in [1.54, 1.807) is 0 Å². The first-order valence-corrected chi connectivity index (χ1v) is 8.06. The summed E-state index contributed by atoms with van der Waals surface area (Å²) < 4.78 is 0. The molecular weight excluding hydrogens is 278 g/mol. The Morgan fingerprint density at radius 1 is 1.23 bits per heavy atom. The van der Waals surface area contributed by atoms with Crippen LogP contribution in [0.1, 0.15) is 54.0 Å². The molecule has 0 aliphatic carbocycles. The lowest BCUT2D eigenvalue weighted by atomic mass is 9.96. The van der Waals surface area contributed by atoms with Crippen LogP contribution in [0.5, 0.6) is 0 Å². The average molecular weight is 305 g/mol. The van der Waals surface area contributed by atoms with Gasteiger partial charge >= 0.3 is 0 Å². The lowest BCUT2D eigenvalue weighted by Gasteiger charge is -2.32. The predicted octanol–water partition coefficient (Wildman–Crippen LogP) is 2.32. The summed E-state index contributed by atoms with van der Waals surface area (Å²) in [5, 5.41) is 2.95. The summed E-state index contributed by atoms with van der Waals surface area (Å²) in [7, 11) is 0. The van der Waals surface area contributed by atoms with Gasteiger partial charge in [-0.3, -0.25) is 9.59 Å². The first-order chi connectivity index (χ1) is 10.3. The molecule has 1 aliphatic rings. The molecule has 0 aromatic carbocycles. The van der Waals surface area contributed by atoms with Crippen LogP contribution in [0, 0.1) is 26.7 Å². The number of hydrogen-bond acceptors (Lipinski definition) is 2. The minimum Gasteiger partial charge on any atom is -0.354 e. The van der Waals surface area contributed by atoms with E-state index in [4.69, 9.17) is 0 Å². The van der Waals surface area contributed by atoms with Gasteiger partial charge in [-0.2, -0.15) is 0 Å². The van der Waals surface area contributed by atoms with Crippen LogP contribution in [0.3, 0.4) is 0 Å². The molecule has 1 aromatic rings. The number of amides is 2. The van der Waals surface area contributed by atoms with Gasteiger partial charge in [-0.1, -0.05) is 0 Å². The van der Waals surface area contributed by atoms with E-state index in [2.05, 4.69) is 10.3 Å². The molecule has 0 radical (unpaired) electrons. The number of likely N-dealkylation sites (tertiary alicyclic amines) is 1. The first-order valence-electron chi connectivity index (χ1n) is 8.06. The summed E-state index contributed by atoms with van der Waals surface area (Å²) in [6.45, 7) is 11.1. The molecule has 1 aromatic heterocycles. The number of aromatic amines is 1. The zero-order chi connectivity index (χ0) is 16.4. The number of hydrogen-bond donors (Lipinski definition) is 2. The highest BCUT2D eigenvalue weighted by Crippen LogP contribution is 2.22. The Hall–Kier alpha value is -1.78. The van der Waals surface area contributed by atoms with Crippen molar-refractivity contribution in [2.24, 2.45) is 5.92 Å². The Kier molecular flexibility index (Phi) is 4.94.